The zero-order valence-corrected chi connectivity index (χ0v) is 87.1. The molecule has 0 aliphatic carbocycles. The Morgan fingerprint density at radius 3 is 0.755 bits per heavy atom. The Labute approximate surface area is 870 Å². The van der Waals surface area contributed by atoms with Crippen LogP contribution in [0.2, 0.25) is 0 Å². The number of hydrogen-bond acceptors (Lipinski definition) is 1. The van der Waals surface area contributed by atoms with Crippen LogP contribution in [0.5, 0.6) is 0 Å². The largest absolute Gasteiger partial charge is 0.310 e. The first kappa shape index (κ1) is 97.6. The number of aryl methyl sites for hydroxylation is 8. The van der Waals surface area contributed by atoms with E-state index in [0.717, 1.165) is 24.2 Å². The molecule has 0 atom stereocenters. The lowest BCUT2D eigenvalue weighted by atomic mass is 9.79. The minimum Gasteiger partial charge on any atom is -0.310 e. The van der Waals surface area contributed by atoms with E-state index in [-0.39, 0.29) is 10.8 Å². The second-order valence-electron chi connectivity index (χ2n) is 41.6. The lowest BCUT2D eigenvalue weighted by molar-refractivity contribution is 0.590. The molecule has 22 aromatic rings. The number of nitrogens with zero attached hydrogens (tertiary/aromatic N) is 1. The molecule has 0 aliphatic heterocycles. The van der Waals surface area contributed by atoms with Crippen LogP contribution in [-0.2, 0) is 23.7 Å². The predicted molar refractivity (Wildman–Crippen MR) is 643 cm³/mol. The number of hydrogen-bond donors (Lipinski definition) is 0. The molecular weight excluding hydrogens is 1770 g/mol. The first-order valence-electron chi connectivity index (χ1n) is 52.1. The molecule has 0 heterocycles. The topological polar surface area (TPSA) is 3.24 Å². The van der Waals surface area contributed by atoms with Crippen LogP contribution in [0.25, 0.3) is 191 Å². The van der Waals surface area contributed by atoms with E-state index >= 15 is 0 Å². The summed E-state index contributed by atoms with van der Waals surface area (Å²) in [7, 11) is 0. The van der Waals surface area contributed by atoms with Crippen molar-refractivity contribution in [3.63, 3.8) is 0 Å². The van der Waals surface area contributed by atoms with Crippen molar-refractivity contribution in [3.8, 4) is 77.9 Å². The highest BCUT2D eigenvalue weighted by molar-refractivity contribution is 6.21. The summed E-state index contributed by atoms with van der Waals surface area (Å²) in [5.41, 5.74) is 43.9. The summed E-state index contributed by atoms with van der Waals surface area (Å²) in [6, 6.07) is 163. The van der Waals surface area contributed by atoms with Gasteiger partial charge < -0.3 is 4.90 Å². The van der Waals surface area contributed by atoms with E-state index in [4.69, 9.17) is 0 Å². The Morgan fingerprint density at radius 2 is 0.435 bits per heavy atom. The molecule has 0 saturated heterocycles. The molecule has 0 aromatic heterocycles. The molecule has 0 radical (unpaired) electrons. The molecule has 0 unspecified atom stereocenters. The lowest BCUT2D eigenvalue weighted by Gasteiger charge is -2.29. The van der Waals surface area contributed by atoms with Gasteiger partial charge in [-0.2, -0.15) is 0 Å². The maximum Gasteiger partial charge on any atom is 0.0543 e. The number of fused-ring (bicyclic) bond motifs is 6. The van der Waals surface area contributed by atoms with Crippen molar-refractivity contribution >= 4 is 130 Å². The maximum absolute atomic E-state index is 2.45. The van der Waals surface area contributed by atoms with E-state index in [1.807, 2.05) is 0 Å². The highest BCUT2D eigenvalue weighted by atomic mass is 15.1. The summed E-state index contributed by atoms with van der Waals surface area (Å²) in [5, 5.41) is 15.2. The summed E-state index contributed by atoms with van der Waals surface area (Å²) >= 11 is 0. The number of para-hydroxylation sites is 1. The van der Waals surface area contributed by atoms with Crippen molar-refractivity contribution in [1.82, 2.24) is 0 Å². The molecule has 22 aromatic carbocycles. The van der Waals surface area contributed by atoms with Crippen LogP contribution in [0.1, 0.15) is 156 Å². The standard InChI is InChI=1S/C58H54.C46H41N.C42H32/c1-39-17-21-41(22-18-39)25-27-45-37-53(43-29-33-47(34-30-43)57(3,4)5)55(51-15-11-9-13-49(45)51)56-52-16-12-10-14-50(52)46(28-26-42-23-19-40(2)20-24-42)38-54(56)44-31-35-48(36-32-44)58(6,7)8;1-5-35-30-37(27-26-34-24-20-32(3)21-25-34)40-16-10-12-18-42(40)45(35)46-36(6-2)31-44(41-17-11-13-19-43(41)46)47(38-14-8-7-9-15-38)39-28-22-33(4)23-29-39;1-29-21-23-31(24-22-29)25-26-34-28-40(33-15-7-4-8-16-33)42(38-20-12-10-18-36(34)38)41-37-19-11-9-17-35(37)30(2)27-39(41)32-13-5-3-6-14-32/h9-38H,1-8H3;7-31H,5-6H2,1-4H3;3-28H,1-2H3/b27-25+,28-26+;27-26+;26-25+. The maximum atomic E-state index is 2.45. The van der Waals surface area contributed by atoms with E-state index in [1.165, 1.54) is 248 Å². The average Bonchev–Trinajstić information content (AvgIpc) is 0.726. The van der Waals surface area contributed by atoms with E-state index in [9.17, 15) is 0 Å². The fourth-order valence-electron chi connectivity index (χ4n) is 21.2. The van der Waals surface area contributed by atoms with Gasteiger partial charge in [0.15, 0.2) is 0 Å². The van der Waals surface area contributed by atoms with Gasteiger partial charge in [-0.3, -0.25) is 0 Å². The quantitative estimate of drug-likeness (QED) is 0.0688. The van der Waals surface area contributed by atoms with Crippen LogP contribution in [0.3, 0.4) is 0 Å². The average molecular weight is 1900 g/mol. The fraction of sp³-hybridized carbons (Fsp3) is 0.123. The third-order valence-corrected chi connectivity index (χ3v) is 29.2. The molecule has 0 fully saturated rings. The van der Waals surface area contributed by atoms with Gasteiger partial charge in [-0.15, -0.1) is 0 Å². The third-order valence-electron chi connectivity index (χ3n) is 29.2. The van der Waals surface area contributed by atoms with Gasteiger partial charge in [0.25, 0.3) is 0 Å². The van der Waals surface area contributed by atoms with Crippen LogP contribution < -0.4 is 4.90 Å². The molecule has 0 aliphatic rings. The van der Waals surface area contributed by atoms with E-state index in [1.54, 1.807) is 0 Å². The molecule has 0 N–H and O–H groups in total. The summed E-state index contributed by atoms with van der Waals surface area (Å²) in [4.78, 5) is 2.42. The van der Waals surface area contributed by atoms with Gasteiger partial charge in [0.1, 0.15) is 0 Å². The van der Waals surface area contributed by atoms with Gasteiger partial charge >= 0.3 is 0 Å². The van der Waals surface area contributed by atoms with Gasteiger partial charge in [0, 0.05) is 16.8 Å². The van der Waals surface area contributed by atoms with Crippen molar-refractivity contribution in [2.24, 2.45) is 0 Å². The minimum absolute atomic E-state index is 0.0528. The highest BCUT2D eigenvalue weighted by Crippen LogP contribution is 2.53. The number of anilines is 3. The summed E-state index contributed by atoms with van der Waals surface area (Å²) in [6.07, 6.45) is 20.0. The minimum atomic E-state index is 0.0528. The Balaban J connectivity index is 0.000000136. The monoisotopic (exact) mass is 1890 g/mol. The molecule has 0 amide bonds. The summed E-state index contributed by atoms with van der Waals surface area (Å²) in [5.74, 6) is 0. The van der Waals surface area contributed by atoms with Gasteiger partial charge in [-0.05, 0) is 323 Å². The molecule has 716 valence electrons. The zero-order chi connectivity index (χ0) is 101. The molecule has 147 heavy (non-hydrogen) atoms. The van der Waals surface area contributed by atoms with Crippen LogP contribution in [0.15, 0.2) is 443 Å². The van der Waals surface area contributed by atoms with E-state index in [2.05, 4.69) is 593 Å². The molecule has 1 nitrogen and oxygen atoms in total. The Hall–Kier alpha value is -16.8. The summed E-state index contributed by atoms with van der Waals surface area (Å²) < 4.78 is 0. The molecule has 0 saturated carbocycles. The SMILES string of the molecule is CCc1cc(/C=C/c2ccc(C)cc2)c2ccccc2c1-c1c(CC)cc(N(c2ccccc2)c2ccc(C)cc2)c2ccccc12.Cc1ccc(/C=C/c2cc(-c3ccc(C(C)(C)C)cc3)c(-c3c(-c4ccc(C(C)(C)C)cc4)cc(/C=C/c4ccc(C)cc4)c4ccccc34)c3ccccc23)cc1.Cc1ccc(/C=C/c2cc(-c3ccccc3)c(-c3c(-c4ccccc4)cc(C)c4ccccc34)c3ccccc23)cc1. The van der Waals surface area contributed by atoms with Crippen LogP contribution in [-0.4, -0.2) is 0 Å². The Bertz CT molecular complexity index is 8480. The molecular formula is C146H127N. The normalized spacial score (nSPS) is 11.8. The Kier molecular flexibility index (Phi) is 28.5. The summed E-state index contributed by atoms with van der Waals surface area (Å²) in [6.45, 7) is 31.2. The van der Waals surface area contributed by atoms with Crippen molar-refractivity contribution < 1.29 is 0 Å². The van der Waals surface area contributed by atoms with Crippen LogP contribution in [0, 0.1) is 41.5 Å². The van der Waals surface area contributed by atoms with Gasteiger partial charge in [-0.25, -0.2) is 0 Å². The van der Waals surface area contributed by atoms with Gasteiger partial charge in [-0.1, -0.05) is 526 Å². The molecule has 0 spiro atoms. The first-order chi connectivity index (χ1) is 71.5. The number of benzene rings is 22. The van der Waals surface area contributed by atoms with Gasteiger partial charge in [0.2, 0.25) is 0 Å². The molecule has 22 rings (SSSR count). The second-order valence-corrected chi connectivity index (χ2v) is 41.6. The van der Waals surface area contributed by atoms with Gasteiger partial charge in [0.05, 0.1) is 5.69 Å². The second kappa shape index (κ2) is 43.0. The fourth-order valence-corrected chi connectivity index (χ4v) is 21.2. The molecule has 0 bridgehead atoms. The van der Waals surface area contributed by atoms with E-state index in [0.29, 0.717) is 0 Å². The highest BCUT2D eigenvalue weighted by Gasteiger charge is 2.29. The predicted octanol–water partition coefficient (Wildman–Crippen LogP) is 41.4. The lowest BCUT2D eigenvalue weighted by Crippen LogP contribution is -2.11. The van der Waals surface area contributed by atoms with Crippen molar-refractivity contribution in [3.05, 3.63) is 543 Å². The van der Waals surface area contributed by atoms with Crippen molar-refractivity contribution in [1.29, 1.82) is 0 Å². The smallest absolute Gasteiger partial charge is 0.0543 e. The Morgan fingerprint density at radius 1 is 0.197 bits per heavy atom. The molecule has 1 heteroatoms. The third kappa shape index (κ3) is 21.0. The number of rotatable bonds is 20. The van der Waals surface area contributed by atoms with Crippen LogP contribution in [0.4, 0.5) is 17.1 Å². The van der Waals surface area contributed by atoms with Crippen LogP contribution >= 0.6 is 0 Å². The van der Waals surface area contributed by atoms with E-state index < -0.39 is 0 Å². The van der Waals surface area contributed by atoms with Crippen molar-refractivity contribution in [2.75, 3.05) is 4.90 Å². The zero-order valence-electron chi connectivity index (χ0n) is 87.1. The van der Waals surface area contributed by atoms with Crippen molar-refractivity contribution in [2.45, 2.75) is 121 Å². The first-order valence-corrected chi connectivity index (χ1v) is 52.1.